The second kappa shape index (κ2) is 9.02. The molecule has 2 aromatic rings. The first-order chi connectivity index (χ1) is 13.1. The van der Waals surface area contributed by atoms with Crippen LogP contribution in [0.2, 0.25) is 0 Å². The summed E-state index contributed by atoms with van der Waals surface area (Å²) in [5.41, 5.74) is 2.87. The first-order valence-corrected chi connectivity index (χ1v) is 9.64. The van der Waals surface area contributed by atoms with E-state index in [2.05, 4.69) is 35.9 Å². The average Bonchev–Trinajstić information content (AvgIpc) is 2.69. The number of para-hydroxylation sites is 1. The summed E-state index contributed by atoms with van der Waals surface area (Å²) in [5.74, 6) is 0.284. The maximum atomic E-state index is 13.2. The fourth-order valence-electron chi connectivity index (χ4n) is 3.33. The Labute approximate surface area is 161 Å². The number of hydrogen-bond acceptors (Lipinski definition) is 4. The van der Waals surface area contributed by atoms with Gasteiger partial charge in [-0.15, -0.1) is 0 Å². The van der Waals surface area contributed by atoms with Gasteiger partial charge in [0.1, 0.15) is 5.75 Å². The van der Waals surface area contributed by atoms with Crippen LogP contribution in [0.5, 0.6) is 5.75 Å². The average molecular weight is 367 g/mol. The van der Waals surface area contributed by atoms with Crippen molar-refractivity contribution in [3.63, 3.8) is 0 Å². The molecule has 0 saturated carbocycles. The lowest BCUT2D eigenvalue weighted by Crippen LogP contribution is -2.48. The molecule has 0 aliphatic carbocycles. The van der Waals surface area contributed by atoms with Gasteiger partial charge < -0.3 is 14.9 Å². The van der Waals surface area contributed by atoms with E-state index >= 15 is 0 Å². The molecule has 0 bridgehead atoms. The van der Waals surface area contributed by atoms with E-state index in [-0.39, 0.29) is 11.7 Å². The molecule has 0 spiro atoms. The van der Waals surface area contributed by atoms with E-state index in [0.29, 0.717) is 13.1 Å². The van der Waals surface area contributed by atoms with Crippen LogP contribution in [0.15, 0.2) is 48.5 Å². The fourth-order valence-corrected chi connectivity index (χ4v) is 3.33. The summed E-state index contributed by atoms with van der Waals surface area (Å²) in [6.07, 6.45) is 0.967. The summed E-state index contributed by atoms with van der Waals surface area (Å²) in [4.78, 5) is 19.4. The van der Waals surface area contributed by atoms with Gasteiger partial charge in [0.15, 0.2) is 0 Å². The van der Waals surface area contributed by atoms with E-state index in [9.17, 15) is 9.90 Å². The van der Waals surface area contributed by atoms with E-state index in [0.717, 1.165) is 43.9 Å². The smallest absolute Gasteiger partial charge is 0.241 e. The Morgan fingerprint density at radius 2 is 1.70 bits per heavy atom. The predicted octanol–water partition coefficient (Wildman–Crippen LogP) is 2.74. The van der Waals surface area contributed by atoms with E-state index in [1.165, 1.54) is 5.56 Å². The van der Waals surface area contributed by atoms with Crippen LogP contribution in [0.25, 0.3) is 0 Å². The van der Waals surface area contributed by atoms with Crippen LogP contribution in [0.1, 0.15) is 18.1 Å². The number of phenolic OH excluding ortho intramolecular Hbond substituents is 1. The molecule has 5 nitrogen and oxygen atoms in total. The molecule has 1 N–H and O–H groups in total. The van der Waals surface area contributed by atoms with Crippen molar-refractivity contribution in [3.8, 4) is 5.75 Å². The number of aromatic hydroxyl groups is 1. The highest BCUT2D eigenvalue weighted by Crippen LogP contribution is 2.23. The van der Waals surface area contributed by atoms with Crippen LogP contribution < -0.4 is 4.90 Å². The molecular weight excluding hydrogens is 338 g/mol. The maximum Gasteiger partial charge on any atom is 0.241 e. The molecule has 2 aromatic carbocycles. The molecule has 0 unspecified atom stereocenters. The molecule has 1 amide bonds. The van der Waals surface area contributed by atoms with Crippen molar-refractivity contribution in [1.29, 1.82) is 0 Å². The number of rotatable bonds is 6. The van der Waals surface area contributed by atoms with Crippen molar-refractivity contribution < 1.29 is 9.90 Å². The molecule has 27 heavy (non-hydrogen) atoms. The predicted molar refractivity (Wildman–Crippen MR) is 109 cm³/mol. The zero-order valence-corrected chi connectivity index (χ0v) is 16.3. The normalized spacial score (nSPS) is 15.6. The van der Waals surface area contributed by atoms with Crippen molar-refractivity contribution in [2.45, 2.75) is 19.9 Å². The lowest BCUT2D eigenvalue weighted by atomic mass is 10.1. The highest BCUT2D eigenvalue weighted by Gasteiger charge is 2.22. The molecule has 144 valence electrons. The second-order valence-electron chi connectivity index (χ2n) is 7.21. The number of carbonyl (C=O) groups excluding carboxylic acids is 1. The molecule has 5 heteroatoms. The lowest BCUT2D eigenvalue weighted by molar-refractivity contribution is -0.120. The molecule has 0 radical (unpaired) electrons. The molecule has 1 saturated heterocycles. The number of amides is 1. The van der Waals surface area contributed by atoms with Gasteiger partial charge in [-0.25, -0.2) is 0 Å². The Kier molecular flexibility index (Phi) is 6.48. The number of likely N-dealkylation sites (N-methyl/N-ethyl adjacent to an activating group) is 1. The minimum Gasteiger partial charge on any atom is -0.508 e. The van der Waals surface area contributed by atoms with Crippen LogP contribution in [0.3, 0.4) is 0 Å². The molecule has 3 rings (SSSR count). The Morgan fingerprint density at radius 1 is 1.04 bits per heavy atom. The van der Waals surface area contributed by atoms with Crippen LogP contribution in [-0.4, -0.2) is 60.6 Å². The topological polar surface area (TPSA) is 47.0 Å². The number of benzene rings is 2. The minimum atomic E-state index is 0.0621. The quantitative estimate of drug-likeness (QED) is 0.853. The zero-order valence-electron chi connectivity index (χ0n) is 16.3. The van der Waals surface area contributed by atoms with Gasteiger partial charge in [0, 0.05) is 37.4 Å². The lowest BCUT2D eigenvalue weighted by Gasteiger charge is -2.33. The zero-order chi connectivity index (χ0) is 19.2. The standard InChI is InChI=1S/C22H29N3O2/c1-3-18-8-10-20(11-9-18)25(16-19-6-4-5-7-21(19)26)22(27)17-24-14-12-23(2)13-15-24/h4-11,26H,3,12-17H2,1-2H3. The number of carbonyl (C=O) groups is 1. The van der Waals surface area contributed by atoms with Gasteiger partial charge in [-0.1, -0.05) is 37.3 Å². The first kappa shape index (κ1) is 19.4. The third-order valence-corrected chi connectivity index (χ3v) is 5.23. The summed E-state index contributed by atoms with van der Waals surface area (Å²) >= 11 is 0. The summed E-state index contributed by atoms with van der Waals surface area (Å²) in [7, 11) is 2.11. The van der Waals surface area contributed by atoms with Crippen molar-refractivity contribution in [3.05, 3.63) is 59.7 Å². The Hall–Kier alpha value is -2.37. The third kappa shape index (κ3) is 5.08. The summed E-state index contributed by atoms with van der Waals surface area (Å²) in [6, 6.07) is 15.3. The number of hydrogen-bond donors (Lipinski definition) is 1. The molecule has 1 aliphatic heterocycles. The van der Waals surface area contributed by atoms with Crippen molar-refractivity contribution in [1.82, 2.24) is 9.80 Å². The van der Waals surface area contributed by atoms with Crippen LogP contribution in [0.4, 0.5) is 5.69 Å². The van der Waals surface area contributed by atoms with Gasteiger partial charge in [0.2, 0.25) is 5.91 Å². The van der Waals surface area contributed by atoms with E-state index < -0.39 is 0 Å². The third-order valence-electron chi connectivity index (χ3n) is 5.23. The number of phenols is 1. The van der Waals surface area contributed by atoms with Crippen LogP contribution in [0, 0.1) is 0 Å². The minimum absolute atomic E-state index is 0.0621. The molecule has 1 heterocycles. The van der Waals surface area contributed by atoms with Gasteiger partial charge in [0.25, 0.3) is 0 Å². The Balaban J connectivity index is 1.79. The monoisotopic (exact) mass is 367 g/mol. The molecule has 1 aliphatic rings. The highest BCUT2D eigenvalue weighted by atomic mass is 16.3. The second-order valence-corrected chi connectivity index (χ2v) is 7.21. The van der Waals surface area contributed by atoms with E-state index in [1.807, 2.05) is 24.3 Å². The number of piperazine rings is 1. The van der Waals surface area contributed by atoms with E-state index in [1.54, 1.807) is 17.0 Å². The number of aryl methyl sites for hydroxylation is 1. The van der Waals surface area contributed by atoms with Gasteiger partial charge in [-0.3, -0.25) is 9.69 Å². The summed E-state index contributed by atoms with van der Waals surface area (Å²) < 4.78 is 0. The largest absolute Gasteiger partial charge is 0.508 e. The molecular formula is C22H29N3O2. The van der Waals surface area contributed by atoms with Crippen molar-refractivity contribution >= 4 is 11.6 Å². The van der Waals surface area contributed by atoms with Gasteiger partial charge in [-0.2, -0.15) is 0 Å². The van der Waals surface area contributed by atoms with Crippen LogP contribution in [-0.2, 0) is 17.8 Å². The van der Waals surface area contributed by atoms with Gasteiger partial charge in [0.05, 0.1) is 13.1 Å². The summed E-state index contributed by atoms with van der Waals surface area (Å²) in [6.45, 7) is 6.66. The van der Waals surface area contributed by atoms with Crippen LogP contribution >= 0.6 is 0 Å². The first-order valence-electron chi connectivity index (χ1n) is 9.64. The fraction of sp³-hybridized carbons (Fsp3) is 0.409. The van der Waals surface area contributed by atoms with Crippen molar-refractivity contribution in [2.24, 2.45) is 0 Å². The Bertz CT molecular complexity index is 752. The SMILES string of the molecule is CCc1ccc(N(Cc2ccccc2O)C(=O)CN2CCN(C)CC2)cc1. The summed E-state index contributed by atoms with van der Waals surface area (Å²) in [5, 5.41) is 10.2. The van der Waals surface area contributed by atoms with E-state index in [4.69, 9.17) is 0 Å². The number of anilines is 1. The molecule has 0 atom stereocenters. The highest BCUT2D eigenvalue weighted by molar-refractivity contribution is 5.94. The Morgan fingerprint density at radius 3 is 2.33 bits per heavy atom. The maximum absolute atomic E-state index is 13.2. The molecule has 1 fully saturated rings. The van der Waals surface area contributed by atoms with Gasteiger partial charge >= 0.3 is 0 Å². The van der Waals surface area contributed by atoms with Crippen molar-refractivity contribution in [2.75, 3.05) is 44.7 Å². The number of nitrogens with zero attached hydrogens (tertiary/aromatic N) is 3. The van der Waals surface area contributed by atoms with Gasteiger partial charge in [-0.05, 0) is 37.2 Å². The molecule has 0 aromatic heterocycles.